The highest BCUT2D eigenvalue weighted by Crippen LogP contribution is 1.90. The fourth-order valence-corrected chi connectivity index (χ4v) is 0.980. The van der Waals surface area contributed by atoms with Crippen LogP contribution in [0.5, 0.6) is 0 Å². The van der Waals surface area contributed by atoms with Gasteiger partial charge in [0.15, 0.2) is 0 Å². The first-order valence-corrected chi connectivity index (χ1v) is 3.27. The second-order valence-electron chi connectivity index (χ2n) is 2.26. The van der Waals surface area contributed by atoms with Crippen LogP contribution in [-0.4, -0.2) is 37.0 Å². The maximum absolute atomic E-state index is 10.7. The lowest BCUT2D eigenvalue weighted by atomic mass is 10.4. The predicted octanol–water partition coefficient (Wildman–Crippen LogP) is 0.0742. The third kappa shape index (κ3) is 2.35. The Morgan fingerprint density at radius 1 is 1.40 bits per heavy atom. The van der Waals surface area contributed by atoms with Crippen molar-refractivity contribution in [3.05, 3.63) is 0 Å². The minimum absolute atomic E-state index is 0. The van der Waals surface area contributed by atoms with Crippen LogP contribution in [0, 0.1) is 0 Å². The molecule has 3 nitrogen and oxygen atoms in total. The maximum Gasteiger partial charge on any atom is 0.219 e. The van der Waals surface area contributed by atoms with Gasteiger partial charge in [0, 0.05) is 33.1 Å². The van der Waals surface area contributed by atoms with E-state index in [1.807, 2.05) is 4.90 Å². The van der Waals surface area contributed by atoms with Gasteiger partial charge in [-0.05, 0) is 0 Å². The van der Waals surface area contributed by atoms with E-state index in [2.05, 4.69) is 5.32 Å². The van der Waals surface area contributed by atoms with Crippen molar-refractivity contribution in [2.45, 2.75) is 14.4 Å². The molecule has 1 rings (SSSR count). The molecule has 0 aromatic heterocycles. The molecule has 0 aromatic rings. The average molecular weight is 144 g/mol. The second kappa shape index (κ2) is 4.28. The van der Waals surface area contributed by atoms with Gasteiger partial charge in [0.25, 0.3) is 0 Å². The SMILES string of the molecule is C.CC(=O)N1CCNCC1. The smallest absolute Gasteiger partial charge is 0.219 e. The van der Waals surface area contributed by atoms with Gasteiger partial charge in [-0.3, -0.25) is 4.79 Å². The summed E-state index contributed by atoms with van der Waals surface area (Å²) >= 11 is 0. The average Bonchev–Trinajstić information content (AvgIpc) is 1.90. The molecule has 1 aliphatic heterocycles. The Balaban J connectivity index is 0.000000810. The number of nitrogens with zero attached hydrogens (tertiary/aromatic N) is 1. The summed E-state index contributed by atoms with van der Waals surface area (Å²) in [5, 5.41) is 3.18. The van der Waals surface area contributed by atoms with Gasteiger partial charge in [0.2, 0.25) is 5.91 Å². The van der Waals surface area contributed by atoms with E-state index in [1.54, 1.807) is 6.92 Å². The lowest BCUT2D eigenvalue weighted by Gasteiger charge is -2.25. The lowest BCUT2D eigenvalue weighted by molar-refractivity contribution is -0.129. The number of carbonyl (C=O) groups is 1. The van der Waals surface area contributed by atoms with Crippen molar-refractivity contribution < 1.29 is 4.79 Å². The number of piperazine rings is 1. The molecule has 10 heavy (non-hydrogen) atoms. The Labute approximate surface area is 62.4 Å². The van der Waals surface area contributed by atoms with E-state index in [-0.39, 0.29) is 13.3 Å². The molecule has 1 amide bonds. The molecule has 0 bridgehead atoms. The van der Waals surface area contributed by atoms with Crippen molar-refractivity contribution in [1.82, 2.24) is 10.2 Å². The molecular formula is C7H16N2O. The van der Waals surface area contributed by atoms with Crippen LogP contribution in [0.3, 0.4) is 0 Å². The van der Waals surface area contributed by atoms with Gasteiger partial charge in [0.1, 0.15) is 0 Å². The van der Waals surface area contributed by atoms with Crippen molar-refractivity contribution in [2.24, 2.45) is 0 Å². The monoisotopic (exact) mass is 144 g/mol. The Kier molecular flexibility index (Phi) is 4.03. The standard InChI is InChI=1S/C6H12N2O.CH4/c1-6(9)8-4-2-7-3-5-8;/h7H,2-5H2,1H3;1H4. The van der Waals surface area contributed by atoms with Crippen LogP contribution in [-0.2, 0) is 4.79 Å². The molecular weight excluding hydrogens is 128 g/mol. The fraction of sp³-hybridized carbons (Fsp3) is 0.857. The Morgan fingerprint density at radius 3 is 2.20 bits per heavy atom. The van der Waals surface area contributed by atoms with Gasteiger partial charge < -0.3 is 10.2 Å². The third-order valence-corrected chi connectivity index (χ3v) is 1.56. The zero-order chi connectivity index (χ0) is 6.69. The van der Waals surface area contributed by atoms with Crippen molar-refractivity contribution in [1.29, 1.82) is 0 Å². The molecule has 1 N–H and O–H groups in total. The van der Waals surface area contributed by atoms with E-state index < -0.39 is 0 Å². The molecule has 60 valence electrons. The topological polar surface area (TPSA) is 32.3 Å². The molecule has 1 aliphatic rings. The van der Waals surface area contributed by atoms with E-state index in [4.69, 9.17) is 0 Å². The van der Waals surface area contributed by atoms with E-state index in [1.165, 1.54) is 0 Å². The summed E-state index contributed by atoms with van der Waals surface area (Å²) in [4.78, 5) is 12.6. The maximum atomic E-state index is 10.7. The number of rotatable bonds is 0. The van der Waals surface area contributed by atoms with Gasteiger partial charge >= 0.3 is 0 Å². The highest BCUT2D eigenvalue weighted by Gasteiger charge is 2.10. The summed E-state index contributed by atoms with van der Waals surface area (Å²) in [5.41, 5.74) is 0. The highest BCUT2D eigenvalue weighted by molar-refractivity contribution is 5.73. The van der Waals surface area contributed by atoms with Gasteiger partial charge in [-0.2, -0.15) is 0 Å². The fourth-order valence-electron chi connectivity index (χ4n) is 0.980. The number of nitrogens with one attached hydrogen (secondary N) is 1. The number of hydrogen-bond acceptors (Lipinski definition) is 2. The van der Waals surface area contributed by atoms with Crippen LogP contribution in [0.2, 0.25) is 0 Å². The third-order valence-electron chi connectivity index (χ3n) is 1.56. The zero-order valence-electron chi connectivity index (χ0n) is 5.68. The highest BCUT2D eigenvalue weighted by atomic mass is 16.2. The number of carbonyl (C=O) groups excluding carboxylic acids is 1. The van der Waals surface area contributed by atoms with E-state index in [0.717, 1.165) is 26.2 Å². The summed E-state index contributed by atoms with van der Waals surface area (Å²) in [5.74, 6) is 0.191. The summed E-state index contributed by atoms with van der Waals surface area (Å²) < 4.78 is 0. The quantitative estimate of drug-likeness (QED) is 0.522. The van der Waals surface area contributed by atoms with Gasteiger partial charge in [-0.1, -0.05) is 7.43 Å². The molecule has 0 unspecified atom stereocenters. The predicted molar refractivity (Wildman–Crippen MR) is 41.9 cm³/mol. The Hall–Kier alpha value is -0.570. The summed E-state index contributed by atoms with van der Waals surface area (Å²) in [6.07, 6.45) is 0. The first-order valence-electron chi connectivity index (χ1n) is 3.27. The summed E-state index contributed by atoms with van der Waals surface area (Å²) in [7, 11) is 0. The minimum atomic E-state index is 0. The molecule has 0 aromatic carbocycles. The van der Waals surface area contributed by atoms with Gasteiger partial charge in [0.05, 0.1) is 0 Å². The summed E-state index contributed by atoms with van der Waals surface area (Å²) in [6.45, 7) is 5.25. The molecule has 0 radical (unpaired) electrons. The van der Waals surface area contributed by atoms with Crippen LogP contribution in [0.15, 0.2) is 0 Å². The zero-order valence-corrected chi connectivity index (χ0v) is 5.68. The van der Waals surface area contributed by atoms with Crippen LogP contribution < -0.4 is 5.32 Å². The Morgan fingerprint density at radius 2 is 1.90 bits per heavy atom. The number of amides is 1. The van der Waals surface area contributed by atoms with Crippen LogP contribution in [0.4, 0.5) is 0 Å². The number of hydrogen-bond donors (Lipinski definition) is 1. The van der Waals surface area contributed by atoms with Crippen LogP contribution in [0.1, 0.15) is 14.4 Å². The van der Waals surface area contributed by atoms with Gasteiger partial charge in [-0.25, -0.2) is 0 Å². The molecule has 1 saturated heterocycles. The molecule has 0 saturated carbocycles. The van der Waals surface area contributed by atoms with E-state index in [9.17, 15) is 4.79 Å². The van der Waals surface area contributed by atoms with Crippen molar-refractivity contribution in [3.8, 4) is 0 Å². The van der Waals surface area contributed by atoms with Crippen molar-refractivity contribution in [3.63, 3.8) is 0 Å². The van der Waals surface area contributed by atoms with E-state index in [0.29, 0.717) is 0 Å². The molecule has 1 fully saturated rings. The largest absolute Gasteiger partial charge is 0.340 e. The van der Waals surface area contributed by atoms with Crippen LogP contribution >= 0.6 is 0 Å². The molecule has 0 spiro atoms. The summed E-state index contributed by atoms with van der Waals surface area (Å²) in [6, 6.07) is 0. The van der Waals surface area contributed by atoms with Crippen LogP contribution in [0.25, 0.3) is 0 Å². The molecule has 0 aliphatic carbocycles. The Bertz CT molecular complexity index is 108. The first kappa shape index (κ1) is 9.43. The minimum Gasteiger partial charge on any atom is -0.340 e. The first-order chi connectivity index (χ1) is 4.30. The van der Waals surface area contributed by atoms with Crippen molar-refractivity contribution in [2.75, 3.05) is 26.2 Å². The molecule has 0 atom stereocenters. The van der Waals surface area contributed by atoms with Gasteiger partial charge in [-0.15, -0.1) is 0 Å². The molecule has 1 heterocycles. The van der Waals surface area contributed by atoms with E-state index >= 15 is 0 Å². The second-order valence-corrected chi connectivity index (χ2v) is 2.26. The molecule has 3 heteroatoms. The lowest BCUT2D eigenvalue weighted by Crippen LogP contribution is -2.45. The van der Waals surface area contributed by atoms with Crippen molar-refractivity contribution >= 4 is 5.91 Å². The normalized spacial score (nSPS) is 17.9.